The van der Waals surface area contributed by atoms with Crippen LogP contribution in [0.1, 0.15) is 11.5 Å². The monoisotopic (exact) mass is 499 g/mol. The quantitative estimate of drug-likeness (QED) is 0.341. The Labute approximate surface area is 194 Å². The molecule has 0 amide bonds. The molecule has 0 aliphatic carbocycles. The topological polar surface area (TPSA) is 82.3 Å². The zero-order chi connectivity index (χ0) is 22.3. The molecule has 0 bridgehead atoms. The third kappa shape index (κ3) is 2.38. The van der Waals surface area contributed by atoms with E-state index in [1.807, 2.05) is 59.5 Å². The number of hydrogen-bond donors (Lipinski definition) is 0. The van der Waals surface area contributed by atoms with Crippen molar-refractivity contribution in [2.45, 2.75) is 0 Å². The number of aromatic nitrogens is 8. The van der Waals surface area contributed by atoms with Crippen molar-refractivity contribution in [2.75, 3.05) is 0 Å². The number of hydrogen-bond acceptors (Lipinski definition) is 5. The number of aryl methyl sites for hydroxylation is 2. The van der Waals surface area contributed by atoms with Gasteiger partial charge in [-0.3, -0.25) is 0 Å². The first-order valence-electron chi connectivity index (χ1n) is 10.3. The molecule has 0 atom stereocenters. The Hall–Kier alpha value is -4.05. The lowest BCUT2D eigenvalue weighted by atomic mass is 10.0. The van der Waals surface area contributed by atoms with Gasteiger partial charge in [-0.15, -0.1) is 4.68 Å². The maximum Gasteiger partial charge on any atom is 0.295 e. The second-order valence-electron chi connectivity index (χ2n) is 7.94. The highest BCUT2D eigenvalue weighted by atomic mass is 79.9. The molecular weight excluding hydrogens is 484 g/mol. The number of nitrogens with zero attached hydrogens (tertiary/aromatic N) is 8. The lowest BCUT2D eigenvalue weighted by Crippen LogP contribution is -2.30. The summed E-state index contributed by atoms with van der Waals surface area (Å²) in [4.78, 5) is 0. The molecule has 5 heterocycles. The molecule has 0 aliphatic rings. The second kappa shape index (κ2) is 6.48. The number of rotatable bonds is 2. The molecule has 160 valence electrons. The molecule has 0 saturated carbocycles. The van der Waals surface area contributed by atoms with Gasteiger partial charge >= 0.3 is 0 Å². The van der Waals surface area contributed by atoms with Gasteiger partial charge in [-0.2, -0.15) is 4.52 Å². The van der Waals surface area contributed by atoms with E-state index in [0.717, 1.165) is 49.5 Å². The van der Waals surface area contributed by atoms with E-state index in [1.165, 1.54) is 0 Å². The average Bonchev–Trinajstić information content (AvgIpc) is 3.61. The third-order valence-electron chi connectivity index (χ3n) is 6.10. The minimum Gasteiger partial charge on any atom is -0.449 e. The summed E-state index contributed by atoms with van der Waals surface area (Å²) in [6, 6.07) is 20.3. The van der Waals surface area contributed by atoms with Gasteiger partial charge in [-0.05, 0) is 49.1 Å². The van der Waals surface area contributed by atoms with Crippen molar-refractivity contribution in [2.24, 2.45) is 14.1 Å². The van der Waals surface area contributed by atoms with Gasteiger partial charge in [0.2, 0.25) is 0 Å². The van der Waals surface area contributed by atoms with E-state index in [2.05, 4.69) is 61.0 Å². The van der Waals surface area contributed by atoms with Crippen LogP contribution in [0.15, 0.2) is 69.8 Å². The minimum atomic E-state index is 0.641. The van der Waals surface area contributed by atoms with E-state index in [1.54, 1.807) is 9.36 Å². The SMILES string of the molecule is Cn1nnn2c(/C(c3ccc(Br)o3)=c3/c4ccccc4c4n3nn[n+]4C)c3ccccc3c12. The van der Waals surface area contributed by atoms with Gasteiger partial charge in [0.15, 0.2) is 20.9 Å². The van der Waals surface area contributed by atoms with Gasteiger partial charge in [0.1, 0.15) is 11.0 Å². The molecule has 33 heavy (non-hydrogen) atoms. The maximum atomic E-state index is 6.15. The number of halogens is 1. The van der Waals surface area contributed by atoms with Crippen LogP contribution in [0.4, 0.5) is 0 Å². The van der Waals surface area contributed by atoms with Crippen LogP contribution in [0.5, 0.6) is 0 Å². The Balaban J connectivity index is 1.82. The van der Waals surface area contributed by atoms with Crippen molar-refractivity contribution in [1.29, 1.82) is 0 Å². The molecule has 0 saturated heterocycles. The molecule has 0 N–H and O–H groups in total. The summed E-state index contributed by atoms with van der Waals surface area (Å²) >= 11 is 3.48. The van der Waals surface area contributed by atoms with Crippen molar-refractivity contribution in [3.8, 4) is 0 Å². The van der Waals surface area contributed by atoms with Gasteiger partial charge in [-0.1, -0.05) is 42.5 Å². The molecule has 9 nitrogen and oxygen atoms in total. The van der Waals surface area contributed by atoms with E-state index >= 15 is 0 Å². The Morgan fingerprint density at radius 3 is 2.33 bits per heavy atom. The van der Waals surface area contributed by atoms with Crippen LogP contribution in [-0.2, 0) is 14.1 Å². The Kier molecular flexibility index (Phi) is 3.64. The van der Waals surface area contributed by atoms with Crippen molar-refractivity contribution in [3.63, 3.8) is 0 Å². The van der Waals surface area contributed by atoms with E-state index in [4.69, 9.17) is 4.42 Å². The summed E-state index contributed by atoms with van der Waals surface area (Å²) in [5.41, 5.74) is 3.54. The molecule has 0 spiro atoms. The molecule has 2 aromatic carbocycles. The summed E-state index contributed by atoms with van der Waals surface area (Å²) in [6.45, 7) is 0. The summed E-state index contributed by atoms with van der Waals surface area (Å²) in [6.07, 6.45) is 0. The van der Waals surface area contributed by atoms with E-state index in [9.17, 15) is 0 Å². The normalized spacial score (nSPS) is 13.2. The molecule has 0 radical (unpaired) electrons. The van der Waals surface area contributed by atoms with Crippen LogP contribution < -0.4 is 10.0 Å². The first kappa shape index (κ1) is 18.5. The molecule has 7 rings (SSSR count). The largest absolute Gasteiger partial charge is 0.449 e. The lowest BCUT2D eigenvalue weighted by molar-refractivity contribution is -0.706. The van der Waals surface area contributed by atoms with Crippen molar-refractivity contribution in [1.82, 2.24) is 34.6 Å². The van der Waals surface area contributed by atoms with Gasteiger partial charge in [0, 0.05) is 23.2 Å². The Bertz CT molecular complexity index is 1920. The number of tetrazole rings is 2. The number of furan rings is 1. The third-order valence-corrected chi connectivity index (χ3v) is 6.53. The highest BCUT2D eigenvalue weighted by molar-refractivity contribution is 9.10. The summed E-state index contributed by atoms with van der Waals surface area (Å²) in [7, 11) is 3.80. The highest BCUT2D eigenvalue weighted by Gasteiger charge is 2.29. The number of fused-ring (bicyclic) bond motifs is 6. The molecule has 7 aromatic rings. The fraction of sp³-hybridized carbons (Fsp3) is 0.0870. The number of benzene rings is 2. The van der Waals surface area contributed by atoms with E-state index < -0.39 is 0 Å². The fourth-order valence-electron chi connectivity index (χ4n) is 4.79. The van der Waals surface area contributed by atoms with Crippen LogP contribution in [-0.4, -0.2) is 34.6 Å². The predicted molar refractivity (Wildman–Crippen MR) is 124 cm³/mol. The summed E-state index contributed by atoms with van der Waals surface area (Å²) in [5.74, 6) is 0.688. The summed E-state index contributed by atoms with van der Waals surface area (Å²) in [5, 5.41) is 22.6. The van der Waals surface area contributed by atoms with E-state index in [0.29, 0.717) is 10.4 Å². The van der Waals surface area contributed by atoms with Crippen molar-refractivity contribution >= 4 is 54.3 Å². The van der Waals surface area contributed by atoms with Gasteiger partial charge in [0.25, 0.3) is 5.65 Å². The highest BCUT2D eigenvalue weighted by Crippen LogP contribution is 2.34. The summed E-state index contributed by atoms with van der Waals surface area (Å²) < 4.78 is 14.1. The zero-order valence-electron chi connectivity index (χ0n) is 17.6. The lowest BCUT2D eigenvalue weighted by Gasteiger charge is -2.03. The first-order chi connectivity index (χ1) is 16.1. The Morgan fingerprint density at radius 2 is 1.58 bits per heavy atom. The van der Waals surface area contributed by atoms with Crippen LogP contribution in [0.25, 0.3) is 38.4 Å². The van der Waals surface area contributed by atoms with Gasteiger partial charge in [-0.25, -0.2) is 4.68 Å². The molecule has 0 unspecified atom stereocenters. The molecule has 0 fully saturated rings. The van der Waals surface area contributed by atoms with Crippen molar-refractivity contribution in [3.05, 3.63) is 82.1 Å². The minimum absolute atomic E-state index is 0.641. The van der Waals surface area contributed by atoms with Gasteiger partial charge < -0.3 is 4.42 Å². The first-order valence-corrected chi connectivity index (χ1v) is 11.1. The molecule has 5 aromatic heterocycles. The van der Waals surface area contributed by atoms with Crippen molar-refractivity contribution < 1.29 is 9.10 Å². The van der Waals surface area contributed by atoms with Crippen LogP contribution in [0.3, 0.4) is 0 Å². The average molecular weight is 500 g/mol. The fourth-order valence-corrected chi connectivity index (χ4v) is 5.10. The molecular formula is C23H16BrN8O+. The van der Waals surface area contributed by atoms with Crippen LogP contribution in [0.2, 0.25) is 0 Å². The standard InChI is InChI=1S/C23H16BrN8O/c1-29-22-15-9-5-3-7-13(15)20(31(22)27-25-29)19(17-11-12-18(24)33-17)21-14-8-4-6-10-16(14)23-30(2)26-28-32(21)23/h3-12H,1-2H3/q+1. The predicted octanol–water partition coefficient (Wildman–Crippen LogP) is 2.56. The van der Waals surface area contributed by atoms with Crippen LogP contribution >= 0.6 is 15.9 Å². The molecule has 0 aliphatic heterocycles. The Morgan fingerprint density at radius 1 is 0.848 bits per heavy atom. The smallest absolute Gasteiger partial charge is 0.295 e. The maximum absolute atomic E-state index is 6.15. The zero-order valence-corrected chi connectivity index (χ0v) is 19.2. The second-order valence-corrected chi connectivity index (χ2v) is 8.72. The van der Waals surface area contributed by atoms with E-state index in [-0.39, 0.29) is 0 Å². The van der Waals surface area contributed by atoms with Crippen LogP contribution in [0, 0.1) is 0 Å². The van der Waals surface area contributed by atoms with Gasteiger partial charge in [0.05, 0.1) is 23.7 Å². The molecule has 10 heteroatoms.